The molecular weight excluding hydrogens is 386 g/mol. The molecule has 7 nitrogen and oxygen atoms in total. The molecule has 0 saturated carbocycles. The van der Waals surface area contributed by atoms with Gasteiger partial charge in [-0.15, -0.1) is 0 Å². The highest BCUT2D eigenvalue weighted by Crippen LogP contribution is 2.14. The summed E-state index contributed by atoms with van der Waals surface area (Å²) in [5, 5.41) is 8.77. The molecule has 0 fully saturated rings. The van der Waals surface area contributed by atoms with E-state index in [1.165, 1.54) is 17.5 Å². The fraction of sp³-hybridized carbons (Fsp3) is 0.524. The molecule has 0 bridgehead atoms. The summed E-state index contributed by atoms with van der Waals surface area (Å²) in [6, 6.07) is 6.81. The molecule has 0 aliphatic rings. The Morgan fingerprint density at radius 3 is 2.48 bits per heavy atom. The molecule has 0 aliphatic heterocycles. The maximum atomic E-state index is 12.7. The molecular formula is C21H31N5O2S. The van der Waals surface area contributed by atoms with Crippen LogP contribution in [-0.4, -0.2) is 27.3 Å². The normalized spacial score (nSPS) is 12.0. The summed E-state index contributed by atoms with van der Waals surface area (Å²) >= 11 is 5.27. The molecule has 1 amide bonds. The maximum Gasteiger partial charge on any atom is 0.290 e. The Morgan fingerprint density at radius 2 is 1.86 bits per heavy atom. The summed E-state index contributed by atoms with van der Waals surface area (Å²) in [4.78, 5) is 25.3. The van der Waals surface area contributed by atoms with Crippen molar-refractivity contribution in [2.24, 2.45) is 5.92 Å². The molecule has 1 aromatic heterocycles. The SMILES string of the molecule is CCCC[C@@H](CC)CNC(=S)NNC(=O)c1nn(C(C)C)c(=O)c2ccccc12. The zero-order chi connectivity index (χ0) is 21.4. The molecule has 0 aliphatic carbocycles. The van der Waals surface area contributed by atoms with Crippen molar-refractivity contribution in [2.75, 3.05) is 6.54 Å². The van der Waals surface area contributed by atoms with Gasteiger partial charge in [0.15, 0.2) is 10.8 Å². The Morgan fingerprint density at radius 1 is 1.17 bits per heavy atom. The van der Waals surface area contributed by atoms with Crippen LogP contribution in [0, 0.1) is 5.92 Å². The Hall–Kier alpha value is -2.48. The second-order valence-electron chi connectivity index (χ2n) is 7.44. The van der Waals surface area contributed by atoms with Crippen molar-refractivity contribution in [3.8, 4) is 0 Å². The van der Waals surface area contributed by atoms with Crippen LogP contribution in [0.2, 0.25) is 0 Å². The van der Waals surface area contributed by atoms with Gasteiger partial charge in [-0.25, -0.2) is 4.68 Å². The highest BCUT2D eigenvalue weighted by atomic mass is 32.1. The molecule has 1 aromatic carbocycles. The molecule has 0 spiro atoms. The van der Waals surface area contributed by atoms with Crippen LogP contribution in [0.15, 0.2) is 29.1 Å². The number of hydrogen-bond donors (Lipinski definition) is 3. The fourth-order valence-corrected chi connectivity index (χ4v) is 3.26. The van der Waals surface area contributed by atoms with E-state index in [1.54, 1.807) is 24.3 Å². The number of nitrogens with one attached hydrogen (secondary N) is 3. The summed E-state index contributed by atoms with van der Waals surface area (Å²) < 4.78 is 1.33. The van der Waals surface area contributed by atoms with Crippen molar-refractivity contribution in [1.29, 1.82) is 0 Å². The van der Waals surface area contributed by atoms with Crippen molar-refractivity contribution >= 4 is 34.0 Å². The lowest BCUT2D eigenvalue weighted by Gasteiger charge is -2.18. The van der Waals surface area contributed by atoms with E-state index in [0.717, 1.165) is 19.4 Å². The minimum atomic E-state index is -0.447. The second-order valence-corrected chi connectivity index (χ2v) is 7.85. The Balaban J connectivity index is 2.07. The number of hydrazine groups is 1. The van der Waals surface area contributed by atoms with Crippen LogP contribution in [0.1, 0.15) is 69.9 Å². The first-order valence-electron chi connectivity index (χ1n) is 10.2. The third-order valence-electron chi connectivity index (χ3n) is 4.92. The van der Waals surface area contributed by atoms with E-state index in [0.29, 0.717) is 21.8 Å². The third-order valence-corrected chi connectivity index (χ3v) is 5.16. The molecule has 2 rings (SSSR count). The number of rotatable bonds is 8. The number of carbonyl (C=O) groups is 1. The molecule has 8 heteroatoms. The van der Waals surface area contributed by atoms with E-state index in [2.05, 4.69) is 35.1 Å². The number of amides is 1. The van der Waals surface area contributed by atoms with Crippen LogP contribution >= 0.6 is 12.2 Å². The Bertz CT molecular complexity index is 910. The molecule has 29 heavy (non-hydrogen) atoms. The van der Waals surface area contributed by atoms with Gasteiger partial charge in [0, 0.05) is 11.9 Å². The molecule has 158 valence electrons. The maximum absolute atomic E-state index is 12.7. The smallest absolute Gasteiger partial charge is 0.290 e. The van der Waals surface area contributed by atoms with Gasteiger partial charge in [0.2, 0.25) is 0 Å². The highest BCUT2D eigenvalue weighted by molar-refractivity contribution is 7.80. The first-order chi connectivity index (χ1) is 13.9. The third kappa shape index (κ3) is 6.00. The van der Waals surface area contributed by atoms with Crippen molar-refractivity contribution in [1.82, 2.24) is 25.9 Å². The van der Waals surface area contributed by atoms with Crippen molar-refractivity contribution in [2.45, 2.75) is 59.4 Å². The predicted molar refractivity (Wildman–Crippen MR) is 121 cm³/mol. The van der Waals surface area contributed by atoms with Gasteiger partial charge in [-0.1, -0.05) is 51.3 Å². The van der Waals surface area contributed by atoms with E-state index in [4.69, 9.17) is 12.2 Å². The number of hydrogen-bond acceptors (Lipinski definition) is 4. The number of carbonyl (C=O) groups excluding carboxylic acids is 1. The Kier molecular flexibility index (Phi) is 8.57. The quantitative estimate of drug-likeness (QED) is 0.451. The van der Waals surface area contributed by atoms with E-state index in [9.17, 15) is 9.59 Å². The lowest BCUT2D eigenvalue weighted by atomic mass is 9.99. The fourth-order valence-electron chi connectivity index (χ4n) is 3.12. The number of thiocarbonyl (C=S) groups is 1. The van der Waals surface area contributed by atoms with E-state index in [-0.39, 0.29) is 17.3 Å². The molecule has 1 heterocycles. The highest BCUT2D eigenvalue weighted by Gasteiger charge is 2.18. The van der Waals surface area contributed by atoms with Crippen LogP contribution < -0.4 is 21.7 Å². The van der Waals surface area contributed by atoms with Crippen LogP contribution in [0.5, 0.6) is 0 Å². The van der Waals surface area contributed by atoms with Crippen molar-refractivity contribution in [3.05, 3.63) is 40.3 Å². The standard InChI is InChI=1S/C21H31N5O2S/c1-5-7-10-15(6-2)13-22-21(29)24-23-19(27)18-16-11-8-9-12-17(16)20(28)26(25-18)14(3)4/h8-9,11-12,14-15H,5-7,10,13H2,1-4H3,(H,23,27)(H2,22,24,29)/t15-/m1/s1. The van der Waals surface area contributed by atoms with Gasteiger partial charge in [0.05, 0.1) is 11.4 Å². The minimum Gasteiger partial charge on any atom is -0.361 e. The van der Waals surface area contributed by atoms with Gasteiger partial charge < -0.3 is 5.32 Å². The summed E-state index contributed by atoms with van der Waals surface area (Å²) in [6.07, 6.45) is 4.60. The molecule has 2 aromatic rings. The first-order valence-corrected chi connectivity index (χ1v) is 10.7. The van der Waals surface area contributed by atoms with Gasteiger partial charge in [0.25, 0.3) is 11.5 Å². The van der Waals surface area contributed by atoms with Crippen LogP contribution in [-0.2, 0) is 0 Å². The van der Waals surface area contributed by atoms with Crippen molar-refractivity contribution < 1.29 is 4.79 Å². The monoisotopic (exact) mass is 417 g/mol. The second kappa shape index (κ2) is 10.9. The number of unbranched alkanes of at least 4 members (excludes halogenated alkanes) is 1. The number of fused-ring (bicyclic) bond motifs is 1. The number of benzene rings is 1. The zero-order valence-electron chi connectivity index (χ0n) is 17.6. The molecule has 0 radical (unpaired) electrons. The topological polar surface area (TPSA) is 88.0 Å². The van der Waals surface area contributed by atoms with Gasteiger partial charge >= 0.3 is 0 Å². The zero-order valence-corrected chi connectivity index (χ0v) is 18.4. The van der Waals surface area contributed by atoms with Gasteiger partial charge in [-0.05, 0) is 44.5 Å². The molecule has 0 saturated heterocycles. The summed E-state index contributed by atoms with van der Waals surface area (Å²) in [5.41, 5.74) is 5.30. The Labute approximate surface area is 177 Å². The average molecular weight is 418 g/mol. The minimum absolute atomic E-state index is 0.163. The van der Waals surface area contributed by atoms with Gasteiger partial charge in [-0.3, -0.25) is 20.4 Å². The van der Waals surface area contributed by atoms with E-state index < -0.39 is 5.91 Å². The largest absolute Gasteiger partial charge is 0.361 e. The predicted octanol–water partition coefficient (Wildman–Crippen LogP) is 3.30. The van der Waals surface area contributed by atoms with E-state index >= 15 is 0 Å². The molecule has 3 N–H and O–H groups in total. The molecule has 0 unspecified atom stereocenters. The average Bonchev–Trinajstić information content (AvgIpc) is 2.72. The number of aromatic nitrogens is 2. The van der Waals surface area contributed by atoms with Crippen molar-refractivity contribution in [3.63, 3.8) is 0 Å². The summed E-state index contributed by atoms with van der Waals surface area (Å²) in [5.74, 6) is 0.100. The lowest BCUT2D eigenvalue weighted by Crippen LogP contribution is -2.48. The van der Waals surface area contributed by atoms with E-state index in [1.807, 2.05) is 13.8 Å². The van der Waals surface area contributed by atoms with Gasteiger partial charge in [0.1, 0.15) is 0 Å². The van der Waals surface area contributed by atoms with Gasteiger partial charge in [-0.2, -0.15) is 5.10 Å². The molecule has 1 atom stereocenters. The lowest BCUT2D eigenvalue weighted by molar-refractivity contribution is 0.0938. The summed E-state index contributed by atoms with van der Waals surface area (Å²) in [7, 11) is 0. The van der Waals surface area contributed by atoms with Crippen LogP contribution in [0.4, 0.5) is 0 Å². The first kappa shape index (κ1) is 22.8. The van der Waals surface area contributed by atoms with Crippen LogP contribution in [0.3, 0.4) is 0 Å². The summed E-state index contributed by atoms with van der Waals surface area (Å²) in [6.45, 7) is 8.82. The number of nitrogens with zero attached hydrogens (tertiary/aromatic N) is 2. The van der Waals surface area contributed by atoms with Crippen LogP contribution in [0.25, 0.3) is 10.8 Å².